The fraction of sp³-hybridized carbons (Fsp3) is 0.211. The number of hydrogen-bond acceptors (Lipinski definition) is 4. The van der Waals surface area contributed by atoms with Crippen LogP contribution in [-0.4, -0.2) is 31.0 Å². The maximum Gasteiger partial charge on any atom is 0.408 e. The van der Waals surface area contributed by atoms with Gasteiger partial charge in [0.1, 0.15) is 12.4 Å². The monoisotopic (exact) mass is 327 g/mol. The molecule has 2 N–H and O–H groups in total. The summed E-state index contributed by atoms with van der Waals surface area (Å²) in [5.41, 5.74) is 1.84. The lowest BCUT2D eigenvalue weighted by Gasteiger charge is -2.12. The van der Waals surface area contributed by atoms with E-state index in [0.717, 1.165) is 16.9 Å². The number of nitrogens with one attached hydrogen (secondary N) is 1. The minimum absolute atomic E-state index is 0.188. The van der Waals surface area contributed by atoms with Crippen molar-refractivity contribution in [3.05, 3.63) is 71.8 Å². The standard InChI is InChI=1S/C19H21NO4/c1-23-18-11-8-15(9-12-18)7-10-17(13-21)20-19(22)24-14-16-5-3-2-4-6-16/h2-12,17,21H,13-14H2,1H3,(H,20,22)/b10-7+/t17-/m1/s1. The summed E-state index contributed by atoms with van der Waals surface area (Å²) in [5, 5.41) is 12.0. The average Bonchev–Trinajstić information content (AvgIpc) is 2.64. The molecular weight excluding hydrogens is 306 g/mol. The van der Waals surface area contributed by atoms with Gasteiger partial charge in [-0.25, -0.2) is 4.79 Å². The predicted octanol–water partition coefficient (Wildman–Crippen LogP) is 3.00. The number of benzene rings is 2. The molecule has 0 heterocycles. The van der Waals surface area contributed by atoms with Crippen molar-refractivity contribution in [3.8, 4) is 5.75 Å². The Morgan fingerprint density at radius 3 is 2.50 bits per heavy atom. The van der Waals surface area contributed by atoms with Gasteiger partial charge in [0.15, 0.2) is 0 Å². The van der Waals surface area contributed by atoms with Crippen molar-refractivity contribution in [2.24, 2.45) is 0 Å². The first-order valence-electron chi connectivity index (χ1n) is 7.61. The van der Waals surface area contributed by atoms with E-state index >= 15 is 0 Å². The van der Waals surface area contributed by atoms with Crippen LogP contribution in [-0.2, 0) is 11.3 Å². The molecule has 0 aliphatic rings. The van der Waals surface area contributed by atoms with Crippen LogP contribution in [0.25, 0.3) is 6.08 Å². The van der Waals surface area contributed by atoms with Gasteiger partial charge in [-0.15, -0.1) is 0 Å². The van der Waals surface area contributed by atoms with Crippen LogP contribution in [0.2, 0.25) is 0 Å². The van der Waals surface area contributed by atoms with Crippen LogP contribution in [0.5, 0.6) is 5.75 Å². The molecule has 0 fully saturated rings. The highest BCUT2D eigenvalue weighted by Gasteiger charge is 2.09. The van der Waals surface area contributed by atoms with E-state index in [1.165, 1.54) is 0 Å². The number of hydrogen-bond donors (Lipinski definition) is 2. The van der Waals surface area contributed by atoms with Gasteiger partial charge in [-0.3, -0.25) is 0 Å². The first kappa shape index (κ1) is 17.6. The molecule has 2 aromatic rings. The molecule has 0 aliphatic heterocycles. The quantitative estimate of drug-likeness (QED) is 0.820. The smallest absolute Gasteiger partial charge is 0.408 e. The molecule has 0 saturated heterocycles. The zero-order valence-corrected chi connectivity index (χ0v) is 13.5. The summed E-state index contributed by atoms with van der Waals surface area (Å²) in [6, 6.07) is 16.3. The minimum atomic E-state index is -0.572. The predicted molar refractivity (Wildman–Crippen MR) is 92.7 cm³/mol. The van der Waals surface area contributed by atoms with E-state index in [2.05, 4.69) is 5.32 Å². The molecule has 0 unspecified atom stereocenters. The van der Waals surface area contributed by atoms with Gasteiger partial charge in [0.25, 0.3) is 0 Å². The van der Waals surface area contributed by atoms with Crippen molar-refractivity contribution in [1.82, 2.24) is 5.32 Å². The first-order valence-corrected chi connectivity index (χ1v) is 7.61. The Labute approximate surface area is 141 Å². The lowest BCUT2D eigenvalue weighted by atomic mass is 10.1. The zero-order valence-electron chi connectivity index (χ0n) is 13.5. The van der Waals surface area contributed by atoms with Gasteiger partial charge in [-0.1, -0.05) is 54.6 Å². The molecule has 0 aromatic heterocycles. The van der Waals surface area contributed by atoms with E-state index in [1.807, 2.05) is 60.7 Å². The Morgan fingerprint density at radius 1 is 1.17 bits per heavy atom. The van der Waals surface area contributed by atoms with Crippen molar-refractivity contribution in [2.75, 3.05) is 13.7 Å². The van der Waals surface area contributed by atoms with Crippen LogP contribution in [0.15, 0.2) is 60.7 Å². The molecule has 0 spiro atoms. The van der Waals surface area contributed by atoms with Crippen LogP contribution in [0.3, 0.4) is 0 Å². The van der Waals surface area contributed by atoms with E-state index < -0.39 is 12.1 Å². The van der Waals surface area contributed by atoms with Crippen LogP contribution in [0.4, 0.5) is 4.79 Å². The highest BCUT2D eigenvalue weighted by atomic mass is 16.5. The highest BCUT2D eigenvalue weighted by molar-refractivity contribution is 5.68. The second-order valence-corrected chi connectivity index (χ2v) is 5.13. The van der Waals surface area contributed by atoms with E-state index in [0.29, 0.717) is 0 Å². The number of amides is 1. The van der Waals surface area contributed by atoms with Gasteiger partial charge in [0.2, 0.25) is 0 Å². The average molecular weight is 327 g/mol. The molecule has 0 aliphatic carbocycles. The van der Waals surface area contributed by atoms with E-state index in [4.69, 9.17) is 9.47 Å². The number of alkyl carbamates (subject to hydrolysis) is 1. The molecule has 5 heteroatoms. The van der Waals surface area contributed by atoms with Crippen LogP contribution < -0.4 is 10.1 Å². The summed E-state index contributed by atoms with van der Waals surface area (Å²) in [6.45, 7) is -0.0277. The molecule has 126 valence electrons. The third-order valence-electron chi connectivity index (χ3n) is 3.35. The molecule has 1 amide bonds. The lowest BCUT2D eigenvalue weighted by Crippen LogP contribution is -2.36. The van der Waals surface area contributed by atoms with Crippen molar-refractivity contribution in [3.63, 3.8) is 0 Å². The molecule has 0 bridgehead atoms. The molecule has 2 aromatic carbocycles. The molecule has 24 heavy (non-hydrogen) atoms. The maximum absolute atomic E-state index is 11.8. The number of aliphatic hydroxyl groups is 1. The summed E-state index contributed by atoms with van der Waals surface area (Å²) in [6.07, 6.45) is 2.96. The summed E-state index contributed by atoms with van der Waals surface area (Å²) in [5.74, 6) is 0.772. The Balaban J connectivity index is 1.83. The fourth-order valence-corrected chi connectivity index (χ4v) is 2.01. The number of carbonyl (C=O) groups is 1. The Hall–Kier alpha value is -2.79. The number of methoxy groups -OCH3 is 1. The van der Waals surface area contributed by atoms with Crippen LogP contribution in [0, 0.1) is 0 Å². The molecule has 1 atom stereocenters. The Kier molecular flexibility index (Phi) is 6.86. The van der Waals surface area contributed by atoms with E-state index in [-0.39, 0.29) is 13.2 Å². The largest absolute Gasteiger partial charge is 0.497 e. The van der Waals surface area contributed by atoms with Crippen molar-refractivity contribution < 1.29 is 19.4 Å². The minimum Gasteiger partial charge on any atom is -0.497 e. The summed E-state index contributed by atoms with van der Waals surface area (Å²) in [4.78, 5) is 11.8. The molecule has 5 nitrogen and oxygen atoms in total. The molecule has 2 rings (SSSR count). The van der Waals surface area contributed by atoms with Crippen molar-refractivity contribution >= 4 is 12.2 Å². The van der Waals surface area contributed by atoms with Gasteiger partial charge in [-0.2, -0.15) is 0 Å². The van der Waals surface area contributed by atoms with Crippen molar-refractivity contribution in [1.29, 1.82) is 0 Å². The number of carbonyl (C=O) groups excluding carboxylic acids is 1. The van der Waals surface area contributed by atoms with Crippen molar-refractivity contribution in [2.45, 2.75) is 12.6 Å². The summed E-state index contributed by atoms with van der Waals surface area (Å²) in [7, 11) is 1.61. The molecule has 0 radical (unpaired) electrons. The second-order valence-electron chi connectivity index (χ2n) is 5.13. The number of rotatable bonds is 7. The Morgan fingerprint density at radius 2 is 1.88 bits per heavy atom. The van der Waals surface area contributed by atoms with Crippen LogP contribution in [0.1, 0.15) is 11.1 Å². The maximum atomic E-state index is 11.8. The zero-order chi connectivity index (χ0) is 17.2. The van der Waals surface area contributed by atoms with E-state index in [9.17, 15) is 9.90 Å². The third-order valence-corrected chi connectivity index (χ3v) is 3.35. The van der Waals surface area contributed by atoms with Gasteiger partial charge < -0.3 is 19.9 Å². The van der Waals surface area contributed by atoms with Gasteiger partial charge in [0, 0.05) is 0 Å². The SMILES string of the molecule is COc1ccc(/C=C/[C@H](CO)NC(=O)OCc2ccccc2)cc1. The van der Waals surface area contributed by atoms with E-state index in [1.54, 1.807) is 13.2 Å². The number of ether oxygens (including phenoxy) is 2. The lowest BCUT2D eigenvalue weighted by molar-refractivity contribution is 0.133. The van der Waals surface area contributed by atoms with Crippen LogP contribution >= 0.6 is 0 Å². The molecular formula is C19H21NO4. The second kappa shape index (κ2) is 9.37. The normalized spacial score (nSPS) is 11.9. The van der Waals surface area contributed by atoms with Gasteiger partial charge >= 0.3 is 6.09 Å². The highest BCUT2D eigenvalue weighted by Crippen LogP contribution is 2.12. The fourth-order valence-electron chi connectivity index (χ4n) is 2.01. The third kappa shape index (κ3) is 5.78. The number of aliphatic hydroxyl groups excluding tert-OH is 1. The topological polar surface area (TPSA) is 67.8 Å². The first-order chi connectivity index (χ1) is 11.7. The Bertz CT molecular complexity index is 653. The summed E-state index contributed by atoms with van der Waals surface area (Å²) < 4.78 is 10.2. The molecule has 0 saturated carbocycles. The summed E-state index contributed by atoms with van der Waals surface area (Å²) >= 11 is 0. The van der Waals surface area contributed by atoms with Gasteiger partial charge in [-0.05, 0) is 23.3 Å². The van der Waals surface area contributed by atoms with Gasteiger partial charge in [0.05, 0.1) is 19.8 Å².